The molecule has 2 rings (SSSR count). The highest BCUT2D eigenvalue weighted by Gasteiger charge is 2.15. The van der Waals surface area contributed by atoms with Crippen LogP contribution >= 0.6 is 11.6 Å². The fourth-order valence-corrected chi connectivity index (χ4v) is 2.36. The van der Waals surface area contributed by atoms with Crippen LogP contribution in [0.4, 0.5) is 4.79 Å². The van der Waals surface area contributed by atoms with Crippen LogP contribution in [0.3, 0.4) is 0 Å². The first kappa shape index (κ1) is 18.1. The Hall–Kier alpha value is -2.27. The SMILES string of the molecule is CC(C)(C)OC(=O)NCCOc1cc2cccc(Cl)c2cc1C=O. The Balaban J connectivity index is 2.00. The number of carbonyl (C=O) groups excluding carboxylic acids is 2. The Labute approximate surface area is 145 Å². The third-order valence-corrected chi connectivity index (χ3v) is 3.44. The number of benzene rings is 2. The van der Waals surface area contributed by atoms with Crippen LogP contribution in [0, 0.1) is 0 Å². The van der Waals surface area contributed by atoms with Gasteiger partial charge in [-0.1, -0.05) is 23.7 Å². The molecule has 0 saturated carbocycles. The van der Waals surface area contributed by atoms with Crippen LogP contribution in [0.2, 0.25) is 5.02 Å². The zero-order chi connectivity index (χ0) is 17.7. The molecule has 0 radical (unpaired) electrons. The molecule has 1 amide bonds. The van der Waals surface area contributed by atoms with Crippen LogP contribution in [0.15, 0.2) is 30.3 Å². The van der Waals surface area contributed by atoms with E-state index in [9.17, 15) is 9.59 Å². The first-order valence-electron chi connectivity index (χ1n) is 7.57. The van der Waals surface area contributed by atoms with Crippen LogP contribution in [0.5, 0.6) is 5.75 Å². The average molecular weight is 350 g/mol. The molecule has 24 heavy (non-hydrogen) atoms. The molecule has 0 atom stereocenters. The van der Waals surface area contributed by atoms with Crippen molar-refractivity contribution < 1.29 is 19.1 Å². The van der Waals surface area contributed by atoms with Crippen molar-refractivity contribution in [1.29, 1.82) is 0 Å². The number of aldehydes is 1. The van der Waals surface area contributed by atoms with E-state index in [1.807, 2.05) is 12.1 Å². The van der Waals surface area contributed by atoms with Crippen LogP contribution in [-0.2, 0) is 4.74 Å². The summed E-state index contributed by atoms with van der Waals surface area (Å²) in [6.45, 7) is 5.85. The first-order valence-corrected chi connectivity index (χ1v) is 7.95. The summed E-state index contributed by atoms with van der Waals surface area (Å²) in [5.41, 5.74) is -0.138. The molecule has 0 heterocycles. The third kappa shape index (κ3) is 4.86. The van der Waals surface area contributed by atoms with E-state index in [4.69, 9.17) is 21.1 Å². The summed E-state index contributed by atoms with van der Waals surface area (Å²) in [6.07, 6.45) is 0.214. The second-order valence-corrected chi connectivity index (χ2v) is 6.65. The normalized spacial score (nSPS) is 11.2. The molecule has 1 N–H and O–H groups in total. The van der Waals surface area contributed by atoms with Gasteiger partial charge in [0.1, 0.15) is 18.0 Å². The lowest BCUT2D eigenvalue weighted by atomic mass is 10.1. The van der Waals surface area contributed by atoms with Gasteiger partial charge in [-0.25, -0.2) is 4.79 Å². The van der Waals surface area contributed by atoms with Crippen molar-refractivity contribution in [2.24, 2.45) is 0 Å². The van der Waals surface area contributed by atoms with Gasteiger partial charge in [-0.05, 0) is 44.4 Å². The average Bonchev–Trinajstić information content (AvgIpc) is 2.49. The molecule has 5 nitrogen and oxygen atoms in total. The maximum Gasteiger partial charge on any atom is 0.407 e. The number of carbonyl (C=O) groups is 2. The van der Waals surface area contributed by atoms with E-state index in [1.165, 1.54) is 0 Å². The van der Waals surface area contributed by atoms with E-state index >= 15 is 0 Å². The number of alkyl carbamates (subject to hydrolysis) is 1. The van der Waals surface area contributed by atoms with E-state index < -0.39 is 11.7 Å². The number of rotatable bonds is 5. The molecule has 6 heteroatoms. The molecule has 0 aliphatic heterocycles. The lowest BCUT2D eigenvalue weighted by Gasteiger charge is -2.19. The van der Waals surface area contributed by atoms with Crippen molar-refractivity contribution in [3.05, 3.63) is 40.9 Å². The number of nitrogens with one attached hydrogen (secondary N) is 1. The molecular formula is C18H20ClNO4. The number of hydrogen-bond donors (Lipinski definition) is 1. The highest BCUT2D eigenvalue weighted by molar-refractivity contribution is 6.35. The largest absolute Gasteiger partial charge is 0.491 e. The van der Waals surface area contributed by atoms with E-state index in [1.54, 1.807) is 39.0 Å². The number of halogens is 1. The van der Waals surface area contributed by atoms with Crippen molar-refractivity contribution in [2.45, 2.75) is 26.4 Å². The van der Waals surface area contributed by atoms with Crippen LogP contribution in [-0.4, -0.2) is 31.1 Å². The van der Waals surface area contributed by atoms with Crippen molar-refractivity contribution >= 4 is 34.8 Å². The molecule has 0 unspecified atom stereocenters. The summed E-state index contributed by atoms with van der Waals surface area (Å²) in [5.74, 6) is 0.450. The van der Waals surface area contributed by atoms with Gasteiger partial charge in [0.25, 0.3) is 0 Å². The van der Waals surface area contributed by atoms with Gasteiger partial charge in [0.15, 0.2) is 6.29 Å². The fraction of sp³-hybridized carbons (Fsp3) is 0.333. The van der Waals surface area contributed by atoms with Crippen molar-refractivity contribution in [3.63, 3.8) is 0 Å². The van der Waals surface area contributed by atoms with Gasteiger partial charge in [0.05, 0.1) is 12.1 Å². The smallest absolute Gasteiger partial charge is 0.407 e. The van der Waals surface area contributed by atoms with Gasteiger partial charge in [-0.3, -0.25) is 4.79 Å². The first-order chi connectivity index (χ1) is 11.3. The topological polar surface area (TPSA) is 64.6 Å². The highest BCUT2D eigenvalue weighted by Crippen LogP contribution is 2.29. The minimum atomic E-state index is -0.548. The van der Waals surface area contributed by atoms with Gasteiger partial charge in [0, 0.05) is 10.4 Å². The Bertz CT molecular complexity index is 753. The summed E-state index contributed by atoms with van der Waals surface area (Å²) in [4.78, 5) is 22.8. The Kier molecular flexibility index (Phi) is 5.67. The maximum atomic E-state index is 11.5. The Morgan fingerprint density at radius 1 is 1.29 bits per heavy atom. The van der Waals surface area contributed by atoms with Crippen LogP contribution < -0.4 is 10.1 Å². The number of hydrogen-bond acceptors (Lipinski definition) is 4. The zero-order valence-corrected chi connectivity index (χ0v) is 14.6. The summed E-state index contributed by atoms with van der Waals surface area (Å²) < 4.78 is 10.7. The molecule has 0 aromatic heterocycles. The van der Waals surface area contributed by atoms with Gasteiger partial charge in [-0.15, -0.1) is 0 Å². The van der Waals surface area contributed by atoms with Gasteiger partial charge < -0.3 is 14.8 Å². The number of fused-ring (bicyclic) bond motifs is 1. The molecule has 0 aliphatic rings. The zero-order valence-electron chi connectivity index (χ0n) is 13.9. The van der Waals surface area contributed by atoms with E-state index in [-0.39, 0.29) is 13.2 Å². The fourth-order valence-electron chi connectivity index (χ4n) is 2.13. The number of ether oxygens (including phenoxy) is 2. The van der Waals surface area contributed by atoms with Crippen LogP contribution in [0.25, 0.3) is 10.8 Å². The summed E-state index contributed by atoms with van der Waals surface area (Å²) in [6, 6.07) is 8.95. The summed E-state index contributed by atoms with van der Waals surface area (Å²) in [5, 5.41) is 4.85. The van der Waals surface area contributed by atoms with E-state index in [0.717, 1.165) is 17.1 Å². The van der Waals surface area contributed by atoms with Crippen molar-refractivity contribution in [1.82, 2.24) is 5.32 Å². The van der Waals surface area contributed by atoms with Gasteiger partial charge in [-0.2, -0.15) is 0 Å². The van der Waals surface area contributed by atoms with Gasteiger partial charge >= 0.3 is 6.09 Å². The van der Waals surface area contributed by atoms with Crippen molar-refractivity contribution in [3.8, 4) is 5.75 Å². The Morgan fingerprint density at radius 2 is 2.04 bits per heavy atom. The molecule has 2 aromatic rings. The standard InChI is InChI=1S/C18H20ClNO4/c1-18(2,3)24-17(22)20-7-8-23-16-10-12-5-4-6-15(19)14(12)9-13(16)11-21/h4-6,9-11H,7-8H2,1-3H3,(H,20,22). The molecule has 0 bridgehead atoms. The summed E-state index contributed by atoms with van der Waals surface area (Å²) >= 11 is 6.13. The minimum Gasteiger partial charge on any atom is -0.491 e. The number of amides is 1. The molecule has 0 spiro atoms. The quantitative estimate of drug-likeness (QED) is 0.648. The minimum absolute atomic E-state index is 0.214. The van der Waals surface area contributed by atoms with Crippen LogP contribution in [0.1, 0.15) is 31.1 Å². The predicted octanol–water partition coefficient (Wildman–Crippen LogP) is 4.21. The molecule has 2 aromatic carbocycles. The molecule has 0 fully saturated rings. The molecule has 0 aliphatic carbocycles. The third-order valence-electron chi connectivity index (χ3n) is 3.11. The lowest BCUT2D eigenvalue weighted by molar-refractivity contribution is 0.0520. The second kappa shape index (κ2) is 7.53. The van der Waals surface area contributed by atoms with E-state index in [2.05, 4.69) is 5.32 Å². The predicted molar refractivity (Wildman–Crippen MR) is 94.1 cm³/mol. The van der Waals surface area contributed by atoms with Crippen molar-refractivity contribution in [2.75, 3.05) is 13.2 Å². The highest BCUT2D eigenvalue weighted by atomic mass is 35.5. The Morgan fingerprint density at radius 3 is 2.71 bits per heavy atom. The lowest BCUT2D eigenvalue weighted by Crippen LogP contribution is -2.34. The molecular weight excluding hydrogens is 330 g/mol. The monoisotopic (exact) mass is 349 g/mol. The maximum absolute atomic E-state index is 11.5. The van der Waals surface area contributed by atoms with E-state index in [0.29, 0.717) is 16.3 Å². The second-order valence-electron chi connectivity index (χ2n) is 6.25. The van der Waals surface area contributed by atoms with Gasteiger partial charge in [0.2, 0.25) is 0 Å². The summed E-state index contributed by atoms with van der Waals surface area (Å²) in [7, 11) is 0. The molecule has 128 valence electrons. The molecule has 0 saturated heterocycles.